The molecule has 0 aromatic heterocycles. The third-order valence-electron chi connectivity index (χ3n) is 4.30. The Morgan fingerprint density at radius 1 is 1.24 bits per heavy atom. The second-order valence-corrected chi connectivity index (χ2v) is 7.25. The summed E-state index contributed by atoms with van der Waals surface area (Å²) in [6.07, 6.45) is 5.61. The van der Waals surface area contributed by atoms with E-state index in [9.17, 15) is 0 Å². The summed E-state index contributed by atoms with van der Waals surface area (Å²) in [7, 11) is 0. The number of nitrogens with one attached hydrogen (secondary N) is 1. The van der Waals surface area contributed by atoms with E-state index in [1.165, 1.54) is 24.0 Å². The third kappa shape index (κ3) is 4.89. The smallest absolute Gasteiger partial charge is 0.125 e. The van der Waals surface area contributed by atoms with E-state index in [2.05, 4.69) is 32.2 Å². The molecule has 0 spiro atoms. The molecule has 0 radical (unpaired) electrons. The molecular formula is C18H28ClNO. The van der Waals surface area contributed by atoms with Crippen molar-refractivity contribution in [2.75, 3.05) is 19.7 Å². The van der Waals surface area contributed by atoms with Crippen molar-refractivity contribution in [3.63, 3.8) is 0 Å². The molecule has 0 saturated heterocycles. The first-order valence-electron chi connectivity index (χ1n) is 8.16. The van der Waals surface area contributed by atoms with Crippen molar-refractivity contribution >= 4 is 11.6 Å². The van der Waals surface area contributed by atoms with E-state index in [1.807, 2.05) is 6.07 Å². The van der Waals surface area contributed by atoms with Gasteiger partial charge >= 0.3 is 0 Å². The van der Waals surface area contributed by atoms with Crippen LogP contribution in [0.1, 0.15) is 51.2 Å². The van der Waals surface area contributed by atoms with Crippen LogP contribution < -0.4 is 10.1 Å². The van der Waals surface area contributed by atoms with Crippen LogP contribution in [0.3, 0.4) is 0 Å². The van der Waals surface area contributed by atoms with Crippen molar-refractivity contribution in [1.82, 2.24) is 5.32 Å². The largest absolute Gasteiger partial charge is 0.493 e. The second kappa shape index (κ2) is 7.51. The lowest BCUT2D eigenvalue weighted by Crippen LogP contribution is -2.23. The first-order valence-corrected chi connectivity index (χ1v) is 8.54. The molecule has 118 valence electrons. The lowest BCUT2D eigenvalue weighted by molar-refractivity contribution is 0.299. The molecule has 1 aromatic rings. The average Bonchev–Trinajstić information content (AvgIpc) is 2.89. The number of benzene rings is 1. The van der Waals surface area contributed by atoms with Gasteiger partial charge < -0.3 is 10.1 Å². The first kappa shape index (κ1) is 16.6. The highest BCUT2D eigenvalue weighted by Gasteiger charge is 2.21. The molecule has 0 bridgehead atoms. The van der Waals surface area contributed by atoms with E-state index >= 15 is 0 Å². The monoisotopic (exact) mass is 309 g/mol. The zero-order chi connectivity index (χ0) is 15.3. The van der Waals surface area contributed by atoms with Crippen LogP contribution in [0.2, 0.25) is 5.02 Å². The molecule has 0 atom stereocenters. The van der Waals surface area contributed by atoms with Gasteiger partial charge in [-0.05, 0) is 67.4 Å². The van der Waals surface area contributed by atoms with Crippen molar-refractivity contribution in [3.8, 4) is 5.75 Å². The Kier molecular flexibility index (Phi) is 5.95. The topological polar surface area (TPSA) is 21.3 Å². The normalized spacial score (nSPS) is 14.1. The predicted octanol–water partition coefficient (Wildman–Crippen LogP) is 4.62. The molecule has 1 heterocycles. The van der Waals surface area contributed by atoms with E-state index in [1.54, 1.807) is 0 Å². The highest BCUT2D eigenvalue weighted by molar-refractivity contribution is 6.30. The third-order valence-corrected chi connectivity index (χ3v) is 4.52. The summed E-state index contributed by atoms with van der Waals surface area (Å²) >= 11 is 6.23. The van der Waals surface area contributed by atoms with Gasteiger partial charge in [0.2, 0.25) is 0 Å². The maximum absolute atomic E-state index is 6.23. The van der Waals surface area contributed by atoms with E-state index in [0.29, 0.717) is 5.41 Å². The van der Waals surface area contributed by atoms with Gasteiger partial charge in [-0.1, -0.05) is 32.4 Å². The van der Waals surface area contributed by atoms with Crippen molar-refractivity contribution < 1.29 is 4.74 Å². The van der Waals surface area contributed by atoms with Gasteiger partial charge in [0.25, 0.3) is 0 Å². The van der Waals surface area contributed by atoms with Gasteiger partial charge in [-0.25, -0.2) is 0 Å². The number of aryl methyl sites for hydroxylation is 1. The molecule has 1 N–H and O–H groups in total. The lowest BCUT2D eigenvalue weighted by Gasteiger charge is -2.25. The fourth-order valence-corrected chi connectivity index (χ4v) is 3.12. The fraction of sp³-hybridized carbons (Fsp3) is 0.667. The summed E-state index contributed by atoms with van der Waals surface area (Å²) in [6.45, 7) is 9.93. The van der Waals surface area contributed by atoms with Crippen LogP contribution in [-0.2, 0) is 12.8 Å². The minimum atomic E-state index is 0.342. The molecule has 0 saturated carbocycles. The number of hydrogen-bond donors (Lipinski definition) is 1. The van der Waals surface area contributed by atoms with Crippen LogP contribution in [-0.4, -0.2) is 19.7 Å². The van der Waals surface area contributed by atoms with Gasteiger partial charge in [-0.3, -0.25) is 0 Å². The zero-order valence-electron chi connectivity index (χ0n) is 13.6. The Balaban J connectivity index is 1.90. The molecule has 3 heteroatoms. The number of fused-ring (bicyclic) bond motifs is 1. The van der Waals surface area contributed by atoms with E-state index in [-0.39, 0.29) is 0 Å². The lowest BCUT2D eigenvalue weighted by atomic mass is 9.83. The van der Waals surface area contributed by atoms with Crippen LogP contribution >= 0.6 is 11.6 Å². The molecule has 2 rings (SSSR count). The molecule has 0 aliphatic carbocycles. The van der Waals surface area contributed by atoms with E-state index < -0.39 is 0 Å². The molecule has 1 aliphatic heterocycles. The quantitative estimate of drug-likeness (QED) is 0.707. The maximum Gasteiger partial charge on any atom is 0.125 e. The van der Waals surface area contributed by atoms with Crippen LogP contribution in [0.4, 0.5) is 0 Å². The van der Waals surface area contributed by atoms with E-state index in [4.69, 9.17) is 16.3 Å². The summed E-state index contributed by atoms with van der Waals surface area (Å²) < 4.78 is 5.79. The Bertz CT molecular complexity index is 471. The highest BCUT2D eigenvalue weighted by atomic mass is 35.5. The molecular weight excluding hydrogens is 282 g/mol. The molecule has 0 fully saturated rings. The summed E-state index contributed by atoms with van der Waals surface area (Å²) in [5.74, 6) is 1.10. The number of hydrogen-bond acceptors (Lipinski definition) is 2. The summed E-state index contributed by atoms with van der Waals surface area (Å²) in [6, 6.07) is 4.13. The van der Waals surface area contributed by atoms with Crippen LogP contribution in [0.25, 0.3) is 0 Å². The van der Waals surface area contributed by atoms with Crippen molar-refractivity contribution in [1.29, 1.82) is 0 Å². The minimum absolute atomic E-state index is 0.342. The van der Waals surface area contributed by atoms with Gasteiger partial charge in [0.1, 0.15) is 5.75 Å². The van der Waals surface area contributed by atoms with Crippen molar-refractivity contribution in [2.45, 2.75) is 52.9 Å². The molecule has 21 heavy (non-hydrogen) atoms. The first-order chi connectivity index (χ1) is 10.0. The fourth-order valence-electron chi connectivity index (χ4n) is 2.86. The molecule has 2 nitrogen and oxygen atoms in total. The summed E-state index contributed by atoms with van der Waals surface area (Å²) in [5.41, 5.74) is 2.90. The zero-order valence-corrected chi connectivity index (χ0v) is 14.4. The highest BCUT2D eigenvalue weighted by Crippen LogP contribution is 2.36. The number of rotatable bonds is 8. The summed E-state index contributed by atoms with van der Waals surface area (Å²) in [4.78, 5) is 0. The Morgan fingerprint density at radius 3 is 2.81 bits per heavy atom. The van der Waals surface area contributed by atoms with E-state index in [0.717, 1.165) is 49.7 Å². The number of halogens is 1. The predicted molar refractivity (Wildman–Crippen MR) is 90.5 cm³/mol. The van der Waals surface area contributed by atoms with Crippen LogP contribution in [0, 0.1) is 5.41 Å². The Hall–Kier alpha value is -0.730. The van der Waals surface area contributed by atoms with Crippen LogP contribution in [0.15, 0.2) is 12.1 Å². The Morgan fingerprint density at radius 2 is 2.05 bits per heavy atom. The number of ether oxygens (including phenoxy) is 1. The second-order valence-electron chi connectivity index (χ2n) is 6.82. The molecule has 0 amide bonds. The van der Waals surface area contributed by atoms with Gasteiger partial charge in [0.05, 0.1) is 6.61 Å². The van der Waals surface area contributed by atoms with Gasteiger partial charge in [-0.15, -0.1) is 0 Å². The Labute approximate surface area is 134 Å². The summed E-state index contributed by atoms with van der Waals surface area (Å²) in [5, 5.41) is 4.34. The van der Waals surface area contributed by atoms with Crippen molar-refractivity contribution in [3.05, 3.63) is 28.3 Å². The van der Waals surface area contributed by atoms with Gasteiger partial charge in [0.15, 0.2) is 0 Å². The maximum atomic E-state index is 6.23. The molecule has 1 aliphatic rings. The van der Waals surface area contributed by atoms with Crippen LogP contribution in [0.5, 0.6) is 5.75 Å². The van der Waals surface area contributed by atoms with Gasteiger partial charge in [0, 0.05) is 11.4 Å². The van der Waals surface area contributed by atoms with Crippen molar-refractivity contribution in [2.24, 2.45) is 5.41 Å². The van der Waals surface area contributed by atoms with Gasteiger partial charge in [-0.2, -0.15) is 0 Å². The SMILES string of the molecule is CCCNCCC(C)(C)CCc1cc(Cl)cc2c1OCC2. The molecule has 0 unspecified atom stereocenters. The molecule has 1 aromatic carbocycles. The average molecular weight is 310 g/mol. The minimum Gasteiger partial charge on any atom is -0.493 e. The standard InChI is InChI=1S/C18H28ClNO/c1-4-9-20-10-8-18(2,3)7-5-14-12-16(19)13-15-6-11-21-17(14)15/h12-13,20H,4-11H2,1-3H3.